The van der Waals surface area contributed by atoms with Gasteiger partial charge in [-0.05, 0) is 17.8 Å². The smallest absolute Gasteiger partial charge is 0.188 e. The minimum Gasteiger partial charge on any atom is -0.392 e. The third-order valence-corrected chi connectivity index (χ3v) is 3.51. The molecule has 0 amide bonds. The lowest BCUT2D eigenvalue weighted by molar-refractivity contribution is -0.117. The van der Waals surface area contributed by atoms with Crippen LogP contribution in [-0.4, -0.2) is 23.3 Å². The highest BCUT2D eigenvalue weighted by molar-refractivity contribution is 6.25. The number of carbonyl (C=O) groups is 2. The summed E-state index contributed by atoms with van der Waals surface area (Å²) >= 11 is 0. The van der Waals surface area contributed by atoms with Crippen molar-refractivity contribution in [3.63, 3.8) is 0 Å². The number of hydrogen-bond acceptors (Lipinski definition) is 3. The van der Waals surface area contributed by atoms with Gasteiger partial charge in [0.05, 0.1) is 6.61 Å². The molecule has 1 aliphatic carbocycles. The van der Waals surface area contributed by atoms with Gasteiger partial charge >= 0.3 is 0 Å². The van der Waals surface area contributed by atoms with Crippen LogP contribution in [0.5, 0.6) is 0 Å². The van der Waals surface area contributed by atoms with Crippen molar-refractivity contribution in [1.29, 1.82) is 0 Å². The molecule has 0 aromatic rings. The zero-order valence-electron chi connectivity index (χ0n) is 12.7. The average Bonchev–Trinajstić information content (AvgIpc) is 2.28. The molecule has 0 aliphatic heterocycles. The van der Waals surface area contributed by atoms with E-state index < -0.39 is 0 Å². The molecule has 106 valence electrons. The molecule has 0 aromatic heterocycles. The lowest BCUT2D eigenvalue weighted by Gasteiger charge is -2.28. The highest BCUT2D eigenvalue weighted by atomic mass is 16.3. The van der Waals surface area contributed by atoms with Crippen LogP contribution in [0.2, 0.25) is 0 Å². The molecule has 1 aliphatic rings. The highest BCUT2D eigenvalue weighted by Gasteiger charge is 2.36. The van der Waals surface area contributed by atoms with Crippen LogP contribution < -0.4 is 0 Å². The molecule has 0 saturated carbocycles. The van der Waals surface area contributed by atoms with Crippen LogP contribution in [-0.2, 0) is 9.59 Å². The predicted molar refractivity (Wildman–Crippen MR) is 75.7 cm³/mol. The Morgan fingerprint density at radius 2 is 1.11 bits per heavy atom. The van der Waals surface area contributed by atoms with Crippen molar-refractivity contribution >= 4 is 11.6 Å². The van der Waals surface area contributed by atoms with Gasteiger partial charge in [0, 0.05) is 22.3 Å². The summed E-state index contributed by atoms with van der Waals surface area (Å²) in [4.78, 5) is 25.2. The first kappa shape index (κ1) is 15.8. The maximum atomic E-state index is 12.7. The number of hydrogen-bond donors (Lipinski definition) is 1. The van der Waals surface area contributed by atoms with Gasteiger partial charge in [0.15, 0.2) is 11.6 Å². The molecule has 0 saturated heterocycles. The number of rotatable bonds is 4. The van der Waals surface area contributed by atoms with E-state index in [0.717, 1.165) is 0 Å². The molecule has 0 spiro atoms. The monoisotopic (exact) mass is 264 g/mol. The maximum absolute atomic E-state index is 12.7. The van der Waals surface area contributed by atoms with Gasteiger partial charge in [-0.1, -0.05) is 41.5 Å². The SMILES string of the molecule is CC(C)C1=C(CO)C(=O)C(C(C)C)=C(C(C)C)C1=O. The van der Waals surface area contributed by atoms with Crippen LogP contribution in [0.4, 0.5) is 0 Å². The minimum atomic E-state index is -0.361. The van der Waals surface area contributed by atoms with Crippen molar-refractivity contribution in [2.45, 2.75) is 41.5 Å². The van der Waals surface area contributed by atoms with Gasteiger partial charge in [-0.25, -0.2) is 0 Å². The molecule has 0 aromatic carbocycles. The van der Waals surface area contributed by atoms with Crippen LogP contribution in [0, 0.1) is 17.8 Å². The second-order valence-corrected chi connectivity index (χ2v) is 6.00. The molecule has 0 unspecified atom stereocenters. The number of aliphatic hydroxyl groups excluding tert-OH is 1. The summed E-state index contributed by atoms with van der Waals surface area (Å²) in [6.07, 6.45) is 0. The van der Waals surface area contributed by atoms with Crippen LogP contribution in [0.1, 0.15) is 41.5 Å². The van der Waals surface area contributed by atoms with E-state index in [-0.39, 0.29) is 41.5 Å². The second kappa shape index (κ2) is 5.83. The fourth-order valence-corrected chi connectivity index (χ4v) is 2.73. The van der Waals surface area contributed by atoms with Gasteiger partial charge in [0.25, 0.3) is 0 Å². The fourth-order valence-electron chi connectivity index (χ4n) is 2.73. The predicted octanol–water partition coefficient (Wildman–Crippen LogP) is 2.69. The van der Waals surface area contributed by atoms with Crippen molar-refractivity contribution in [1.82, 2.24) is 0 Å². The molecule has 0 atom stereocenters. The average molecular weight is 264 g/mol. The van der Waals surface area contributed by atoms with E-state index in [1.807, 2.05) is 41.5 Å². The minimum absolute atomic E-state index is 0.0101. The van der Waals surface area contributed by atoms with E-state index in [4.69, 9.17) is 0 Å². The first-order valence-electron chi connectivity index (χ1n) is 6.91. The van der Waals surface area contributed by atoms with E-state index in [2.05, 4.69) is 0 Å². The molecule has 19 heavy (non-hydrogen) atoms. The van der Waals surface area contributed by atoms with Gasteiger partial charge in [0.1, 0.15) is 0 Å². The molecule has 3 heteroatoms. The summed E-state index contributed by atoms with van der Waals surface area (Å²) in [5, 5.41) is 9.47. The standard InChI is InChI=1S/C16H24O3/c1-8(2)12-11(7-17)15(18)13(9(3)4)14(10(5)6)16(12)19/h8-10,17H,7H2,1-6H3. The third-order valence-electron chi connectivity index (χ3n) is 3.51. The fraction of sp³-hybridized carbons (Fsp3) is 0.625. The van der Waals surface area contributed by atoms with Crippen LogP contribution in [0.3, 0.4) is 0 Å². The van der Waals surface area contributed by atoms with Crippen LogP contribution in [0.25, 0.3) is 0 Å². The number of aliphatic hydroxyl groups is 1. The van der Waals surface area contributed by atoms with Gasteiger partial charge in [-0.3, -0.25) is 9.59 Å². The number of Topliss-reactive ketones (excluding diaryl/α,β-unsaturated/α-hetero) is 2. The van der Waals surface area contributed by atoms with Crippen LogP contribution >= 0.6 is 0 Å². The largest absolute Gasteiger partial charge is 0.392 e. The zero-order valence-corrected chi connectivity index (χ0v) is 12.7. The molecular formula is C16H24O3. The lowest BCUT2D eigenvalue weighted by Crippen LogP contribution is -2.31. The lowest BCUT2D eigenvalue weighted by atomic mass is 9.73. The molecule has 0 bridgehead atoms. The summed E-state index contributed by atoms with van der Waals surface area (Å²) in [6.45, 7) is 11.1. The Bertz CT molecular complexity index is 462. The first-order chi connectivity index (χ1) is 8.73. The molecule has 0 fully saturated rings. The quantitative estimate of drug-likeness (QED) is 0.794. The van der Waals surface area contributed by atoms with Crippen molar-refractivity contribution in [3.8, 4) is 0 Å². The second-order valence-electron chi connectivity index (χ2n) is 6.00. The number of ketones is 2. The number of allylic oxidation sites excluding steroid dienone is 3. The van der Waals surface area contributed by atoms with Crippen molar-refractivity contribution in [3.05, 3.63) is 22.3 Å². The summed E-state index contributed by atoms with van der Waals surface area (Å²) in [5.41, 5.74) is 1.98. The Morgan fingerprint density at radius 1 is 0.737 bits per heavy atom. The Balaban J connectivity index is 3.56. The van der Waals surface area contributed by atoms with Crippen molar-refractivity contribution in [2.75, 3.05) is 6.61 Å². The van der Waals surface area contributed by atoms with Crippen molar-refractivity contribution < 1.29 is 14.7 Å². The van der Waals surface area contributed by atoms with Gasteiger partial charge in [-0.15, -0.1) is 0 Å². The van der Waals surface area contributed by atoms with Crippen molar-refractivity contribution in [2.24, 2.45) is 17.8 Å². The van der Waals surface area contributed by atoms with Gasteiger partial charge < -0.3 is 5.11 Å². The molecule has 3 nitrogen and oxygen atoms in total. The normalized spacial score (nSPS) is 17.6. The highest BCUT2D eigenvalue weighted by Crippen LogP contribution is 2.35. The molecule has 0 heterocycles. The topological polar surface area (TPSA) is 54.4 Å². The molecule has 1 N–H and O–H groups in total. The van der Waals surface area contributed by atoms with E-state index >= 15 is 0 Å². The van der Waals surface area contributed by atoms with E-state index in [9.17, 15) is 14.7 Å². The summed E-state index contributed by atoms with van der Waals surface area (Å²) in [6, 6.07) is 0. The maximum Gasteiger partial charge on any atom is 0.188 e. The molecule has 1 rings (SSSR count). The van der Waals surface area contributed by atoms with Gasteiger partial charge in [-0.2, -0.15) is 0 Å². The third kappa shape index (κ3) is 2.71. The Morgan fingerprint density at radius 3 is 1.42 bits per heavy atom. The van der Waals surface area contributed by atoms with E-state index in [1.165, 1.54) is 0 Å². The Labute approximate surface area is 115 Å². The van der Waals surface area contributed by atoms with E-state index in [0.29, 0.717) is 16.7 Å². The summed E-state index contributed by atoms with van der Waals surface area (Å²) < 4.78 is 0. The summed E-state index contributed by atoms with van der Waals surface area (Å²) in [5.74, 6) is -0.255. The Kier molecular flexibility index (Phi) is 4.86. The summed E-state index contributed by atoms with van der Waals surface area (Å²) in [7, 11) is 0. The first-order valence-corrected chi connectivity index (χ1v) is 6.91. The zero-order chi connectivity index (χ0) is 14.9. The Hall–Kier alpha value is -1.22. The van der Waals surface area contributed by atoms with Gasteiger partial charge in [0.2, 0.25) is 0 Å². The van der Waals surface area contributed by atoms with E-state index in [1.54, 1.807) is 0 Å². The molecule has 0 radical (unpaired) electrons. The number of carbonyl (C=O) groups excluding carboxylic acids is 2. The van der Waals surface area contributed by atoms with Crippen LogP contribution in [0.15, 0.2) is 22.3 Å². The molecular weight excluding hydrogens is 240 g/mol.